The summed E-state index contributed by atoms with van der Waals surface area (Å²) in [7, 11) is 1.62. The number of aliphatic imine (C=N–C) groups is 1. The lowest BCUT2D eigenvalue weighted by atomic mass is 10.1. The molecule has 0 bridgehead atoms. The zero-order valence-electron chi connectivity index (χ0n) is 15.1. The summed E-state index contributed by atoms with van der Waals surface area (Å²) in [6.07, 6.45) is -1.39. The third kappa shape index (κ3) is 3.24. The van der Waals surface area contributed by atoms with Crippen molar-refractivity contribution >= 4 is 17.9 Å². The summed E-state index contributed by atoms with van der Waals surface area (Å²) in [6.45, 7) is 2.65. The van der Waals surface area contributed by atoms with E-state index in [0.29, 0.717) is 32.3 Å². The zero-order valence-corrected chi connectivity index (χ0v) is 15.1. The maximum Gasteiger partial charge on any atom is 0.325 e. The molecule has 1 aromatic rings. The highest BCUT2D eigenvalue weighted by Gasteiger charge is 2.50. The SMILES string of the molecule is CN1C(=O)NC(=O)C2C1N=C(N1CCOCC1)N2CC(O)c1ccccc1. The van der Waals surface area contributed by atoms with Crippen molar-refractivity contribution in [2.45, 2.75) is 18.3 Å². The van der Waals surface area contributed by atoms with Crippen molar-refractivity contribution < 1.29 is 19.4 Å². The quantitative estimate of drug-likeness (QED) is 0.748. The van der Waals surface area contributed by atoms with Crippen LogP contribution in [0, 0.1) is 0 Å². The molecule has 2 N–H and O–H groups in total. The van der Waals surface area contributed by atoms with Gasteiger partial charge >= 0.3 is 6.03 Å². The van der Waals surface area contributed by atoms with Gasteiger partial charge in [0.05, 0.1) is 25.9 Å². The van der Waals surface area contributed by atoms with Gasteiger partial charge in [0, 0.05) is 20.1 Å². The summed E-state index contributed by atoms with van der Waals surface area (Å²) in [4.78, 5) is 34.6. The Balaban J connectivity index is 1.64. The molecule has 0 aliphatic carbocycles. The Kier molecular flexibility index (Phi) is 4.71. The number of fused-ring (bicyclic) bond motifs is 1. The van der Waals surface area contributed by atoms with Gasteiger partial charge in [-0.05, 0) is 5.56 Å². The number of nitrogens with zero attached hydrogens (tertiary/aromatic N) is 4. The first-order valence-electron chi connectivity index (χ1n) is 9.04. The zero-order chi connectivity index (χ0) is 19.0. The second-order valence-electron chi connectivity index (χ2n) is 6.87. The number of morpholine rings is 1. The van der Waals surface area contributed by atoms with Gasteiger partial charge < -0.3 is 24.5 Å². The number of β-amino-alcohol motifs (C(OH)–C–C–N with tert-alkyl or cyclic N) is 1. The van der Waals surface area contributed by atoms with Crippen LogP contribution in [0.25, 0.3) is 0 Å². The number of imide groups is 1. The third-order valence-electron chi connectivity index (χ3n) is 5.19. The minimum absolute atomic E-state index is 0.205. The van der Waals surface area contributed by atoms with Gasteiger partial charge in [-0.3, -0.25) is 10.1 Å². The molecule has 0 spiro atoms. The van der Waals surface area contributed by atoms with E-state index < -0.39 is 30.2 Å². The predicted molar refractivity (Wildman–Crippen MR) is 96.8 cm³/mol. The highest BCUT2D eigenvalue weighted by molar-refractivity contribution is 6.03. The molecule has 1 aromatic carbocycles. The smallest absolute Gasteiger partial charge is 0.325 e. The van der Waals surface area contributed by atoms with E-state index in [1.165, 1.54) is 4.90 Å². The van der Waals surface area contributed by atoms with E-state index in [2.05, 4.69) is 10.3 Å². The van der Waals surface area contributed by atoms with Crippen molar-refractivity contribution in [1.82, 2.24) is 20.0 Å². The largest absolute Gasteiger partial charge is 0.387 e. The van der Waals surface area contributed by atoms with E-state index in [9.17, 15) is 14.7 Å². The van der Waals surface area contributed by atoms with E-state index >= 15 is 0 Å². The van der Waals surface area contributed by atoms with Crippen LogP contribution in [0.3, 0.4) is 0 Å². The van der Waals surface area contributed by atoms with E-state index in [4.69, 9.17) is 4.74 Å². The molecule has 4 rings (SSSR count). The highest BCUT2D eigenvalue weighted by Crippen LogP contribution is 2.28. The fourth-order valence-corrected chi connectivity index (χ4v) is 3.70. The van der Waals surface area contributed by atoms with Gasteiger partial charge in [0.25, 0.3) is 5.91 Å². The molecular weight excluding hydrogens is 350 g/mol. The Labute approximate surface area is 157 Å². The Bertz CT molecular complexity index is 749. The Hall–Kier alpha value is -2.65. The van der Waals surface area contributed by atoms with Crippen LogP contribution in [-0.4, -0.2) is 89.8 Å². The van der Waals surface area contributed by atoms with Gasteiger partial charge in [-0.2, -0.15) is 0 Å². The molecule has 144 valence electrons. The average Bonchev–Trinajstić information content (AvgIpc) is 3.07. The van der Waals surface area contributed by atoms with Crippen LogP contribution in [0.1, 0.15) is 11.7 Å². The van der Waals surface area contributed by atoms with Crippen LogP contribution in [-0.2, 0) is 9.53 Å². The molecule has 9 nitrogen and oxygen atoms in total. The third-order valence-corrected chi connectivity index (χ3v) is 5.19. The minimum atomic E-state index is -0.785. The molecule has 9 heteroatoms. The van der Waals surface area contributed by atoms with Crippen molar-refractivity contribution in [3.05, 3.63) is 35.9 Å². The number of carbonyl (C=O) groups excluding carboxylic acids is 2. The summed E-state index contributed by atoms with van der Waals surface area (Å²) in [6, 6.07) is 8.18. The molecule has 0 aromatic heterocycles. The first kappa shape index (κ1) is 17.7. The van der Waals surface area contributed by atoms with Gasteiger partial charge in [-0.1, -0.05) is 30.3 Å². The van der Waals surface area contributed by atoms with Crippen LogP contribution in [0.5, 0.6) is 0 Å². The van der Waals surface area contributed by atoms with Crippen LogP contribution < -0.4 is 5.32 Å². The fraction of sp³-hybridized carbons (Fsp3) is 0.500. The number of hydrogen-bond donors (Lipinski definition) is 2. The monoisotopic (exact) mass is 373 g/mol. The summed E-state index contributed by atoms with van der Waals surface area (Å²) < 4.78 is 5.41. The number of benzene rings is 1. The second-order valence-corrected chi connectivity index (χ2v) is 6.87. The first-order chi connectivity index (χ1) is 13.1. The Morgan fingerprint density at radius 3 is 2.67 bits per heavy atom. The Morgan fingerprint density at radius 1 is 1.26 bits per heavy atom. The molecule has 3 aliphatic heterocycles. The van der Waals surface area contributed by atoms with E-state index in [1.807, 2.05) is 40.1 Å². The molecular formula is C18H23N5O4. The number of guanidine groups is 1. The number of urea groups is 1. The number of carbonyl (C=O) groups is 2. The van der Waals surface area contributed by atoms with Crippen molar-refractivity contribution in [1.29, 1.82) is 0 Å². The van der Waals surface area contributed by atoms with Gasteiger partial charge in [-0.15, -0.1) is 0 Å². The van der Waals surface area contributed by atoms with Crippen molar-refractivity contribution in [2.75, 3.05) is 39.9 Å². The molecule has 3 amide bonds. The minimum Gasteiger partial charge on any atom is -0.387 e. The van der Waals surface area contributed by atoms with E-state index in [1.54, 1.807) is 7.05 Å². The highest BCUT2D eigenvalue weighted by atomic mass is 16.5. The average molecular weight is 373 g/mol. The van der Waals surface area contributed by atoms with Crippen LogP contribution in [0.15, 0.2) is 35.3 Å². The molecule has 2 saturated heterocycles. The maximum absolute atomic E-state index is 12.6. The number of hydrogen-bond acceptors (Lipinski definition) is 7. The van der Waals surface area contributed by atoms with Gasteiger partial charge in [0.15, 0.2) is 18.2 Å². The number of aliphatic hydroxyl groups excluding tert-OH is 1. The van der Waals surface area contributed by atoms with Crippen LogP contribution in [0.4, 0.5) is 4.79 Å². The van der Waals surface area contributed by atoms with Crippen LogP contribution >= 0.6 is 0 Å². The number of rotatable bonds is 3. The molecule has 27 heavy (non-hydrogen) atoms. The lowest BCUT2D eigenvalue weighted by Gasteiger charge is -2.39. The number of aliphatic hydroxyl groups is 1. The number of ether oxygens (including phenoxy) is 1. The van der Waals surface area contributed by atoms with Crippen molar-refractivity contribution in [3.8, 4) is 0 Å². The molecule has 0 radical (unpaired) electrons. The van der Waals surface area contributed by atoms with Crippen molar-refractivity contribution in [2.24, 2.45) is 4.99 Å². The summed E-state index contributed by atoms with van der Waals surface area (Å²) >= 11 is 0. The first-order valence-corrected chi connectivity index (χ1v) is 9.04. The maximum atomic E-state index is 12.6. The normalized spacial score (nSPS) is 26.6. The standard InChI is InChI=1S/C18H23N5O4/c1-21-15-14(16(25)20-18(21)26)23(11-13(24)12-5-3-2-4-6-12)17(19-15)22-7-9-27-10-8-22/h2-6,13-15,24H,7-11H2,1H3,(H,20,25,26). The van der Waals surface area contributed by atoms with Gasteiger partial charge in [-0.25, -0.2) is 9.79 Å². The summed E-state index contributed by atoms with van der Waals surface area (Å²) in [5.41, 5.74) is 0.767. The molecule has 3 unspecified atom stereocenters. The fourth-order valence-electron chi connectivity index (χ4n) is 3.70. The number of nitrogens with one attached hydrogen (secondary N) is 1. The lowest BCUT2D eigenvalue weighted by molar-refractivity contribution is -0.127. The van der Waals surface area contributed by atoms with Gasteiger partial charge in [0.1, 0.15) is 0 Å². The van der Waals surface area contributed by atoms with Crippen molar-refractivity contribution in [3.63, 3.8) is 0 Å². The number of amides is 3. The predicted octanol–water partition coefficient (Wildman–Crippen LogP) is -0.400. The topological polar surface area (TPSA) is 97.7 Å². The molecule has 3 atom stereocenters. The number of likely N-dealkylation sites (N-methyl/N-ethyl adjacent to an activating group) is 1. The second kappa shape index (κ2) is 7.16. The molecule has 3 aliphatic rings. The van der Waals surface area contributed by atoms with Crippen LogP contribution in [0.2, 0.25) is 0 Å². The molecule has 0 saturated carbocycles. The molecule has 2 fully saturated rings. The van der Waals surface area contributed by atoms with Gasteiger partial charge in [0.2, 0.25) is 0 Å². The van der Waals surface area contributed by atoms with E-state index in [-0.39, 0.29) is 6.54 Å². The Morgan fingerprint density at radius 2 is 1.96 bits per heavy atom. The molecule has 3 heterocycles. The summed E-state index contributed by atoms with van der Waals surface area (Å²) in [5.74, 6) is 0.232. The lowest BCUT2D eigenvalue weighted by Crippen LogP contribution is -2.64. The van der Waals surface area contributed by atoms with E-state index in [0.717, 1.165) is 5.56 Å². The summed E-state index contributed by atoms with van der Waals surface area (Å²) in [5, 5.41) is 13.1.